The minimum Gasteiger partial charge on any atom is -0.328 e. The summed E-state index contributed by atoms with van der Waals surface area (Å²) in [4.78, 5) is 24.0. The van der Waals surface area contributed by atoms with Gasteiger partial charge in [-0.15, -0.1) is 11.6 Å². The molecule has 0 saturated carbocycles. The van der Waals surface area contributed by atoms with Gasteiger partial charge in [0.2, 0.25) is 5.91 Å². The molecule has 3 amide bonds. The van der Waals surface area contributed by atoms with E-state index in [1.54, 1.807) is 7.05 Å². The summed E-state index contributed by atoms with van der Waals surface area (Å²) in [6, 6.07) is -0.356. The number of halogens is 1. The van der Waals surface area contributed by atoms with E-state index in [4.69, 9.17) is 11.6 Å². The number of nitrogens with one attached hydrogen (secondary N) is 1. The van der Waals surface area contributed by atoms with Crippen LogP contribution in [0, 0.1) is 5.92 Å². The van der Waals surface area contributed by atoms with Gasteiger partial charge >= 0.3 is 6.03 Å². The van der Waals surface area contributed by atoms with Crippen LogP contribution in [0.3, 0.4) is 0 Å². The topological polar surface area (TPSA) is 49.4 Å². The van der Waals surface area contributed by atoms with Crippen molar-refractivity contribution in [2.45, 2.75) is 26.7 Å². The van der Waals surface area contributed by atoms with Gasteiger partial charge in [0.25, 0.3) is 0 Å². The summed E-state index contributed by atoms with van der Waals surface area (Å²) in [5.74, 6) is 0.444. The van der Waals surface area contributed by atoms with Gasteiger partial charge in [0.15, 0.2) is 0 Å². The zero-order valence-electron chi connectivity index (χ0n) is 9.55. The van der Waals surface area contributed by atoms with Crippen molar-refractivity contribution in [3.63, 3.8) is 0 Å². The second-order valence-corrected chi connectivity index (χ2v) is 4.27. The van der Waals surface area contributed by atoms with Gasteiger partial charge in [-0.25, -0.2) is 4.79 Å². The molecule has 1 N–H and O–H groups in total. The number of carbonyl (C=O) groups excluding carboxylic acids is 2. The Kier molecular flexibility index (Phi) is 7.13. The molecule has 0 spiro atoms. The highest BCUT2D eigenvalue weighted by atomic mass is 35.5. The standard InChI is InChI=1S/C10H19ClN2O2/c1-8(2)5-7-13(3)10(15)12-9(14)4-6-11/h8H,4-7H2,1-3H3,(H,12,14,15). The molecule has 0 fully saturated rings. The summed E-state index contributed by atoms with van der Waals surface area (Å²) < 4.78 is 0. The van der Waals surface area contributed by atoms with Crippen molar-refractivity contribution in [1.29, 1.82) is 0 Å². The van der Waals surface area contributed by atoms with Crippen LogP contribution in [0.4, 0.5) is 4.79 Å². The average molecular weight is 235 g/mol. The van der Waals surface area contributed by atoms with E-state index in [2.05, 4.69) is 19.2 Å². The number of hydrogen-bond donors (Lipinski definition) is 1. The van der Waals surface area contributed by atoms with Crippen LogP contribution >= 0.6 is 11.6 Å². The van der Waals surface area contributed by atoms with Crippen LogP contribution in [0.15, 0.2) is 0 Å². The molecule has 88 valence electrons. The molecule has 15 heavy (non-hydrogen) atoms. The lowest BCUT2D eigenvalue weighted by Gasteiger charge is -2.18. The summed E-state index contributed by atoms with van der Waals surface area (Å²) in [5, 5.41) is 2.27. The first-order valence-electron chi connectivity index (χ1n) is 5.08. The van der Waals surface area contributed by atoms with Crippen molar-refractivity contribution in [2.75, 3.05) is 19.5 Å². The van der Waals surface area contributed by atoms with Crippen LogP contribution in [-0.4, -0.2) is 36.3 Å². The maximum Gasteiger partial charge on any atom is 0.323 e. The van der Waals surface area contributed by atoms with Crippen molar-refractivity contribution in [3.8, 4) is 0 Å². The molecule has 0 atom stereocenters. The van der Waals surface area contributed by atoms with Crippen molar-refractivity contribution >= 4 is 23.5 Å². The normalized spacial score (nSPS) is 10.2. The summed E-state index contributed by atoms with van der Waals surface area (Å²) in [5.41, 5.74) is 0. The Labute approximate surface area is 96.0 Å². The van der Waals surface area contributed by atoms with Gasteiger partial charge in [-0.1, -0.05) is 13.8 Å². The molecule has 0 aliphatic rings. The largest absolute Gasteiger partial charge is 0.328 e. The van der Waals surface area contributed by atoms with E-state index in [1.165, 1.54) is 4.90 Å². The van der Waals surface area contributed by atoms with E-state index in [-0.39, 0.29) is 24.2 Å². The van der Waals surface area contributed by atoms with E-state index in [1.807, 2.05) is 0 Å². The Morgan fingerprint density at radius 3 is 2.47 bits per heavy atom. The molecule has 0 aromatic heterocycles. The van der Waals surface area contributed by atoms with Crippen molar-refractivity contribution in [1.82, 2.24) is 10.2 Å². The Hall–Kier alpha value is -0.770. The fourth-order valence-electron chi connectivity index (χ4n) is 0.916. The number of imide groups is 1. The van der Waals surface area contributed by atoms with E-state index in [0.29, 0.717) is 12.5 Å². The maximum atomic E-state index is 11.4. The minimum absolute atomic E-state index is 0.172. The van der Waals surface area contributed by atoms with E-state index in [0.717, 1.165) is 6.42 Å². The van der Waals surface area contributed by atoms with Gasteiger partial charge in [0.05, 0.1) is 0 Å². The fourth-order valence-corrected chi connectivity index (χ4v) is 1.09. The zero-order valence-corrected chi connectivity index (χ0v) is 10.3. The van der Waals surface area contributed by atoms with Gasteiger partial charge < -0.3 is 4.90 Å². The van der Waals surface area contributed by atoms with Crippen molar-refractivity contribution < 1.29 is 9.59 Å². The fraction of sp³-hybridized carbons (Fsp3) is 0.800. The zero-order chi connectivity index (χ0) is 11.8. The Bertz CT molecular complexity index is 219. The smallest absolute Gasteiger partial charge is 0.323 e. The van der Waals surface area contributed by atoms with Crippen LogP contribution in [0.2, 0.25) is 0 Å². The lowest BCUT2D eigenvalue weighted by Crippen LogP contribution is -2.41. The van der Waals surface area contributed by atoms with Crippen LogP contribution in [0.1, 0.15) is 26.7 Å². The second kappa shape index (κ2) is 7.51. The first-order valence-corrected chi connectivity index (χ1v) is 5.61. The third-order valence-corrected chi connectivity index (χ3v) is 2.15. The lowest BCUT2D eigenvalue weighted by molar-refractivity contribution is -0.119. The molecule has 0 saturated heterocycles. The number of amides is 3. The van der Waals surface area contributed by atoms with E-state index in [9.17, 15) is 9.59 Å². The van der Waals surface area contributed by atoms with Gasteiger partial charge in [0.1, 0.15) is 0 Å². The number of alkyl halides is 1. The second-order valence-electron chi connectivity index (χ2n) is 3.90. The molecular weight excluding hydrogens is 216 g/mol. The molecule has 0 aliphatic carbocycles. The number of nitrogens with zero attached hydrogens (tertiary/aromatic N) is 1. The summed E-state index contributed by atoms with van der Waals surface area (Å²) in [7, 11) is 1.67. The van der Waals surface area contributed by atoms with Crippen molar-refractivity contribution in [3.05, 3.63) is 0 Å². The predicted molar refractivity (Wildman–Crippen MR) is 61.0 cm³/mol. The monoisotopic (exact) mass is 234 g/mol. The number of hydrogen-bond acceptors (Lipinski definition) is 2. The quantitative estimate of drug-likeness (QED) is 0.738. The minimum atomic E-state index is -0.356. The molecule has 0 rings (SSSR count). The first-order chi connectivity index (χ1) is 6.97. The van der Waals surface area contributed by atoms with Gasteiger partial charge in [-0.05, 0) is 12.3 Å². The highest BCUT2D eigenvalue weighted by Gasteiger charge is 2.11. The first kappa shape index (κ1) is 14.2. The Balaban J connectivity index is 3.83. The molecule has 4 nitrogen and oxygen atoms in total. The highest BCUT2D eigenvalue weighted by Crippen LogP contribution is 2.00. The van der Waals surface area contributed by atoms with E-state index >= 15 is 0 Å². The third-order valence-electron chi connectivity index (χ3n) is 1.96. The molecule has 0 radical (unpaired) electrons. The van der Waals surface area contributed by atoms with Crippen molar-refractivity contribution in [2.24, 2.45) is 5.92 Å². The number of rotatable bonds is 5. The van der Waals surface area contributed by atoms with Crippen LogP contribution in [0.25, 0.3) is 0 Å². The molecule has 0 heterocycles. The molecule has 0 bridgehead atoms. The van der Waals surface area contributed by atoms with E-state index < -0.39 is 0 Å². The summed E-state index contributed by atoms with van der Waals surface area (Å²) in [6.07, 6.45) is 1.10. The van der Waals surface area contributed by atoms with Crippen LogP contribution in [0.5, 0.6) is 0 Å². The summed E-state index contributed by atoms with van der Waals surface area (Å²) >= 11 is 5.38. The predicted octanol–water partition coefficient (Wildman–Crippen LogP) is 1.83. The molecule has 0 aromatic carbocycles. The van der Waals surface area contributed by atoms with Crippen LogP contribution in [-0.2, 0) is 4.79 Å². The molecular formula is C10H19ClN2O2. The molecule has 5 heteroatoms. The number of urea groups is 1. The molecule has 0 unspecified atom stereocenters. The Morgan fingerprint density at radius 1 is 1.40 bits per heavy atom. The highest BCUT2D eigenvalue weighted by molar-refractivity contribution is 6.19. The number of carbonyl (C=O) groups is 2. The van der Waals surface area contributed by atoms with Gasteiger partial charge in [0, 0.05) is 25.9 Å². The average Bonchev–Trinajstić information content (AvgIpc) is 2.14. The SMILES string of the molecule is CC(C)CCN(C)C(=O)NC(=O)CCCl. The lowest BCUT2D eigenvalue weighted by atomic mass is 10.1. The van der Waals surface area contributed by atoms with Gasteiger partial charge in [-0.3, -0.25) is 10.1 Å². The molecule has 0 aromatic rings. The maximum absolute atomic E-state index is 11.4. The van der Waals surface area contributed by atoms with Crippen LogP contribution < -0.4 is 5.32 Å². The van der Waals surface area contributed by atoms with Gasteiger partial charge in [-0.2, -0.15) is 0 Å². The summed E-state index contributed by atoms with van der Waals surface area (Å²) in [6.45, 7) is 4.83. The Morgan fingerprint density at radius 2 is 2.00 bits per heavy atom. The third kappa shape index (κ3) is 7.19. The molecule has 0 aliphatic heterocycles.